The van der Waals surface area contributed by atoms with Crippen LogP contribution in [0.15, 0.2) is 0 Å². The van der Waals surface area contributed by atoms with Gasteiger partial charge < -0.3 is 4.74 Å². The molecular formula is C7H15NO3S. The van der Waals surface area contributed by atoms with Crippen molar-refractivity contribution in [3.8, 4) is 0 Å². The first-order valence-corrected chi connectivity index (χ1v) is 5.95. The summed E-state index contributed by atoms with van der Waals surface area (Å²) in [6, 6.07) is 0.0359. The number of ether oxygens (including phenoxy) is 1. The lowest BCUT2D eigenvalue weighted by Crippen LogP contribution is -2.47. The SMILES string of the molecule is CC[C@H]1COCCN1S(C)(=O)=O. The molecule has 0 aromatic rings. The van der Waals surface area contributed by atoms with Gasteiger partial charge in [-0.2, -0.15) is 4.31 Å². The number of rotatable bonds is 2. The van der Waals surface area contributed by atoms with Crippen molar-refractivity contribution in [2.24, 2.45) is 0 Å². The van der Waals surface area contributed by atoms with E-state index < -0.39 is 10.0 Å². The smallest absolute Gasteiger partial charge is 0.211 e. The Bertz CT molecular complexity index is 237. The first-order chi connectivity index (χ1) is 5.55. The second kappa shape index (κ2) is 3.72. The first-order valence-electron chi connectivity index (χ1n) is 4.10. The number of morpholine rings is 1. The van der Waals surface area contributed by atoms with E-state index in [1.54, 1.807) is 0 Å². The fourth-order valence-electron chi connectivity index (χ4n) is 1.40. The molecule has 0 N–H and O–H groups in total. The van der Waals surface area contributed by atoms with Gasteiger partial charge in [0.1, 0.15) is 0 Å². The fraction of sp³-hybridized carbons (Fsp3) is 1.00. The molecule has 0 spiro atoms. The number of hydrogen-bond donors (Lipinski definition) is 0. The lowest BCUT2D eigenvalue weighted by Gasteiger charge is -2.32. The summed E-state index contributed by atoms with van der Waals surface area (Å²) in [7, 11) is -3.03. The van der Waals surface area contributed by atoms with Crippen molar-refractivity contribution in [1.29, 1.82) is 0 Å². The summed E-state index contributed by atoms with van der Waals surface area (Å²) in [5, 5.41) is 0. The van der Waals surface area contributed by atoms with Gasteiger partial charge in [0, 0.05) is 12.6 Å². The fourth-order valence-corrected chi connectivity index (χ4v) is 2.56. The van der Waals surface area contributed by atoms with Gasteiger partial charge in [-0.1, -0.05) is 6.92 Å². The third kappa shape index (κ3) is 2.18. The molecule has 1 aliphatic heterocycles. The minimum atomic E-state index is -3.03. The zero-order valence-corrected chi connectivity index (χ0v) is 8.30. The molecule has 1 fully saturated rings. The van der Waals surface area contributed by atoms with Gasteiger partial charge in [-0.15, -0.1) is 0 Å². The minimum Gasteiger partial charge on any atom is -0.378 e. The van der Waals surface area contributed by atoms with Crippen LogP contribution in [0.1, 0.15) is 13.3 Å². The molecule has 0 aliphatic carbocycles. The van der Waals surface area contributed by atoms with Crippen molar-refractivity contribution in [1.82, 2.24) is 4.31 Å². The molecule has 0 amide bonds. The van der Waals surface area contributed by atoms with Crippen molar-refractivity contribution >= 4 is 10.0 Å². The van der Waals surface area contributed by atoms with Crippen LogP contribution in [0.2, 0.25) is 0 Å². The molecule has 1 aliphatic rings. The Balaban J connectivity index is 2.72. The maximum atomic E-state index is 11.2. The van der Waals surface area contributed by atoms with Crippen molar-refractivity contribution in [2.45, 2.75) is 19.4 Å². The lowest BCUT2D eigenvalue weighted by atomic mass is 10.2. The van der Waals surface area contributed by atoms with E-state index in [0.29, 0.717) is 19.8 Å². The zero-order chi connectivity index (χ0) is 9.19. The van der Waals surface area contributed by atoms with Crippen LogP contribution < -0.4 is 0 Å². The Labute approximate surface area is 73.6 Å². The maximum absolute atomic E-state index is 11.2. The van der Waals surface area contributed by atoms with Crippen LogP contribution in [-0.2, 0) is 14.8 Å². The van der Waals surface area contributed by atoms with E-state index >= 15 is 0 Å². The topological polar surface area (TPSA) is 46.6 Å². The second-order valence-electron chi connectivity index (χ2n) is 3.01. The highest BCUT2D eigenvalue weighted by molar-refractivity contribution is 7.88. The molecule has 0 unspecified atom stereocenters. The molecule has 0 aromatic heterocycles. The molecule has 1 rings (SSSR count). The quantitative estimate of drug-likeness (QED) is 0.623. The normalized spacial score (nSPS) is 27.3. The Hall–Kier alpha value is -0.130. The summed E-state index contributed by atoms with van der Waals surface area (Å²) in [5.41, 5.74) is 0. The predicted octanol–water partition coefficient (Wildman–Crippen LogP) is 0.0568. The van der Waals surface area contributed by atoms with E-state index in [4.69, 9.17) is 4.74 Å². The summed E-state index contributed by atoms with van der Waals surface area (Å²) in [5.74, 6) is 0. The molecule has 1 heterocycles. The monoisotopic (exact) mass is 193 g/mol. The van der Waals surface area contributed by atoms with Crippen LogP contribution in [0, 0.1) is 0 Å². The van der Waals surface area contributed by atoms with E-state index in [2.05, 4.69) is 0 Å². The van der Waals surface area contributed by atoms with E-state index in [0.717, 1.165) is 6.42 Å². The highest BCUT2D eigenvalue weighted by Crippen LogP contribution is 2.13. The first kappa shape index (κ1) is 9.95. The van der Waals surface area contributed by atoms with Gasteiger partial charge in [0.05, 0.1) is 19.5 Å². The molecule has 0 saturated carbocycles. The Morgan fingerprint density at radius 3 is 2.67 bits per heavy atom. The average Bonchev–Trinajstić information content (AvgIpc) is 2.03. The average molecular weight is 193 g/mol. The van der Waals surface area contributed by atoms with E-state index in [-0.39, 0.29) is 6.04 Å². The molecule has 72 valence electrons. The second-order valence-corrected chi connectivity index (χ2v) is 4.95. The minimum absolute atomic E-state index is 0.0359. The Kier molecular flexibility index (Phi) is 3.09. The summed E-state index contributed by atoms with van der Waals surface area (Å²) in [4.78, 5) is 0. The number of hydrogen-bond acceptors (Lipinski definition) is 3. The van der Waals surface area contributed by atoms with Crippen LogP contribution in [0.5, 0.6) is 0 Å². The molecule has 12 heavy (non-hydrogen) atoms. The molecule has 5 heteroatoms. The molecule has 1 saturated heterocycles. The van der Waals surface area contributed by atoms with Crippen LogP contribution in [0.3, 0.4) is 0 Å². The largest absolute Gasteiger partial charge is 0.378 e. The Morgan fingerprint density at radius 2 is 2.25 bits per heavy atom. The van der Waals surface area contributed by atoms with Crippen molar-refractivity contribution in [3.63, 3.8) is 0 Å². The summed E-state index contributed by atoms with van der Waals surface area (Å²) >= 11 is 0. The van der Waals surface area contributed by atoms with E-state index in [1.807, 2.05) is 6.92 Å². The molecule has 0 aromatic carbocycles. The molecule has 0 radical (unpaired) electrons. The summed E-state index contributed by atoms with van der Waals surface area (Å²) < 4.78 is 29.2. The standard InChI is InChI=1S/C7H15NO3S/c1-3-7-6-11-5-4-8(7)12(2,9)10/h7H,3-6H2,1-2H3/t7-/m0/s1. The van der Waals surface area contributed by atoms with Crippen LogP contribution >= 0.6 is 0 Å². The van der Waals surface area contributed by atoms with Crippen molar-refractivity contribution < 1.29 is 13.2 Å². The van der Waals surface area contributed by atoms with Gasteiger partial charge in [0.2, 0.25) is 10.0 Å². The number of sulfonamides is 1. The van der Waals surface area contributed by atoms with E-state index in [9.17, 15) is 8.42 Å². The van der Waals surface area contributed by atoms with Gasteiger partial charge in [-0.05, 0) is 6.42 Å². The summed E-state index contributed by atoms with van der Waals surface area (Å²) in [6.07, 6.45) is 2.06. The highest BCUT2D eigenvalue weighted by Gasteiger charge is 2.28. The summed E-state index contributed by atoms with van der Waals surface area (Å²) in [6.45, 7) is 3.52. The molecule has 4 nitrogen and oxygen atoms in total. The van der Waals surface area contributed by atoms with Gasteiger partial charge in [0.25, 0.3) is 0 Å². The number of nitrogens with zero attached hydrogens (tertiary/aromatic N) is 1. The molecule has 1 atom stereocenters. The maximum Gasteiger partial charge on any atom is 0.211 e. The predicted molar refractivity (Wildman–Crippen MR) is 46.4 cm³/mol. The van der Waals surface area contributed by atoms with Crippen LogP contribution in [-0.4, -0.2) is 44.8 Å². The third-order valence-corrected chi connectivity index (χ3v) is 3.40. The Morgan fingerprint density at radius 1 is 1.58 bits per heavy atom. The van der Waals surface area contributed by atoms with E-state index in [1.165, 1.54) is 10.6 Å². The van der Waals surface area contributed by atoms with Gasteiger partial charge in [-0.3, -0.25) is 0 Å². The molecular weight excluding hydrogens is 178 g/mol. The highest BCUT2D eigenvalue weighted by atomic mass is 32.2. The van der Waals surface area contributed by atoms with Gasteiger partial charge >= 0.3 is 0 Å². The van der Waals surface area contributed by atoms with Gasteiger partial charge in [0.15, 0.2) is 0 Å². The zero-order valence-electron chi connectivity index (χ0n) is 7.49. The van der Waals surface area contributed by atoms with Gasteiger partial charge in [-0.25, -0.2) is 8.42 Å². The lowest BCUT2D eigenvalue weighted by molar-refractivity contribution is 0.0317. The van der Waals surface area contributed by atoms with Crippen LogP contribution in [0.25, 0.3) is 0 Å². The van der Waals surface area contributed by atoms with Crippen molar-refractivity contribution in [2.75, 3.05) is 26.0 Å². The van der Waals surface area contributed by atoms with Crippen molar-refractivity contribution in [3.05, 3.63) is 0 Å². The molecule has 0 bridgehead atoms. The third-order valence-electron chi connectivity index (χ3n) is 2.07. The van der Waals surface area contributed by atoms with Crippen LogP contribution in [0.4, 0.5) is 0 Å².